The Morgan fingerprint density at radius 3 is 2.39 bits per heavy atom. The lowest BCUT2D eigenvalue weighted by atomic mass is 10.0. The quantitative estimate of drug-likeness (QED) is 0.323. The Bertz CT molecular complexity index is 1590. The lowest BCUT2D eigenvalue weighted by Crippen LogP contribution is -2.28. The van der Waals surface area contributed by atoms with Crippen LogP contribution in [0.1, 0.15) is 0 Å². The molecule has 0 saturated carbocycles. The first-order chi connectivity index (χ1) is 17.6. The van der Waals surface area contributed by atoms with Gasteiger partial charge in [-0.1, -0.05) is 54.6 Å². The van der Waals surface area contributed by atoms with Crippen molar-refractivity contribution in [1.82, 2.24) is 9.55 Å². The van der Waals surface area contributed by atoms with Gasteiger partial charge in [0.25, 0.3) is 5.56 Å². The SMILES string of the molecule is COc1ccc(OC)c(NC(=O)Cn2cnc3scc(-c4ccc(-c5ccccc5)cc4)c3c2=O)c1. The number of hydrogen-bond donors (Lipinski definition) is 1. The van der Waals surface area contributed by atoms with Gasteiger partial charge < -0.3 is 14.8 Å². The maximum Gasteiger partial charge on any atom is 0.263 e. The third-order valence-corrected chi connectivity index (χ3v) is 6.74. The molecule has 0 spiro atoms. The standard InChI is InChI=1S/C28H23N3O4S/c1-34-21-12-13-24(35-2)23(14-21)30-25(32)15-31-17-29-27-26(28(31)33)22(16-36-27)20-10-8-19(9-11-20)18-6-4-3-5-7-18/h3-14,16-17H,15H2,1-2H3,(H,30,32). The Morgan fingerprint density at radius 1 is 0.944 bits per heavy atom. The molecule has 0 unspecified atom stereocenters. The molecule has 2 aromatic heterocycles. The van der Waals surface area contributed by atoms with E-state index in [1.165, 1.54) is 29.3 Å². The highest BCUT2D eigenvalue weighted by Gasteiger charge is 2.16. The van der Waals surface area contributed by atoms with Crippen LogP contribution in [-0.4, -0.2) is 29.7 Å². The maximum atomic E-state index is 13.4. The van der Waals surface area contributed by atoms with E-state index in [4.69, 9.17) is 9.47 Å². The average Bonchev–Trinajstić information content (AvgIpc) is 3.36. The van der Waals surface area contributed by atoms with Crippen molar-refractivity contribution in [2.24, 2.45) is 0 Å². The number of rotatable bonds is 7. The number of fused-ring (bicyclic) bond motifs is 1. The van der Waals surface area contributed by atoms with Crippen LogP contribution in [0.15, 0.2) is 89.3 Å². The summed E-state index contributed by atoms with van der Waals surface area (Å²) in [5.41, 5.74) is 4.13. The topological polar surface area (TPSA) is 82.4 Å². The Labute approximate surface area is 211 Å². The fraction of sp³-hybridized carbons (Fsp3) is 0.107. The fourth-order valence-corrected chi connectivity index (χ4v) is 4.93. The molecule has 0 atom stereocenters. The van der Waals surface area contributed by atoms with Gasteiger partial charge in [-0.2, -0.15) is 0 Å². The lowest BCUT2D eigenvalue weighted by molar-refractivity contribution is -0.116. The van der Waals surface area contributed by atoms with E-state index in [9.17, 15) is 9.59 Å². The van der Waals surface area contributed by atoms with Crippen LogP contribution in [0.5, 0.6) is 11.5 Å². The van der Waals surface area contributed by atoms with Gasteiger partial charge in [0, 0.05) is 17.0 Å². The molecule has 0 saturated heterocycles. The number of nitrogens with one attached hydrogen (secondary N) is 1. The molecule has 0 bridgehead atoms. The van der Waals surface area contributed by atoms with Crippen molar-refractivity contribution in [3.63, 3.8) is 0 Å². The lowest BCUT2D eigenvalue weighted by Gasteiger charge is -2.12. The average molecular weight is 498 g/mol. The highest BCUT2D eigenvalue weighted by molar-refractivity contribution is 7.17. The van der Waals surface area contributed by atoms with E-state index in [1.54, 1.807) is 25.3 Å². The van der Waals surface area contributed by atoms with Gasteiger partial charge >= 0.3 is 0 Å². The molecule has 5 aromatic rings. The summed E-state index contributed by atoms with van der Waals surface area (Å²) < 4.78 is 11.9. The summed E-state index contributed by atoms with van der Waals surface area (Å²) in [6.45, 7) is -0.190. The van der Waals surface area contributed by atoms with Crippen molar-refractivity contribution < 1.29 is 14.3 Å². The van der Waals surface area contributed by atoms with Gasteiger partial charge in [-0.15, -0.1) is 11.3 Å². The van der Waals surface area contributed by atoms with Crippen LogP contribution in [-0.2, 0) is 11.3 Å². The number of nitrogens with zero attached hydrogens (tertiary/aromatic N) is 2. The molecule has 0 radical (unpaired) electrons. The first-order valence-corrected chi connectivity index (χ1v) is 12.1. The molecule has 7 nitrogen and oxygen atoms in total. The van der Waals surface area contributed by atoms with Gasteiger partial charge in [-0.25, -0.2) is 4.98 Å². The van der Waals surface area contributed by atoms with E-state index < -0.39 is 0 Å². The number of methoxy groups -OCH3 is 2. The van der Waals surface area contributed by atoms with E-state index in [1.807, 2.05) is 47.8 Å². The van der Waals surface area contributed by atoms with Crippen LogP contribution >= 0.6 is 11.3 Å². The minimum Gasteiger partial charge on any atom is -0.497 e. The number of hydrogen-bond acceptors (Lipinski definition) is 6. The minimum absolute atomic E-state index is 0.190. The number of benzene rings is 3. The van der Waals surface area contributed by atoms with Gasteiger partial charge in [-0.05, 0) is 28.8 Å². The first-order valence-electron chi connectivity index (χ1n) is 11.2. The molecular weight excluding hydrogens is 474 g/mol. The monoisotopic (exact) mass is 497 g/mol. The van der Waals surface area contributed by atoms with Gasteiger partial charge in [-0.3, -0.25) is 14.2 Å². The normalized spacial score (nSPS) is 10.8. The predicted molar refractivity (Wildman–Crippen MR) is 143 cm³/mol. The minimum atomic E-state index is -0.381. The molecule has 0 fully saturated rings. The van der Waals surface area contributed by atoms with E-state index in [2.05, 4.69) is 22.4 Å². The third-order valence-electron chi connectivity index (χ3n) is 5.86. The Kier molecular flexibility index (Phi) is 6.51. The van der Waals surface area contributed by atoms with Crippen molar-refractivity contribution in [2.45, 2.75) is 6.54 Å². The predicted octanol–water partition coefficient (Wildman–Crippen LogP) is 5.45. The number of carbonyl (C=O) groups excluding carboxylic acids is 1. The number of ether oxygens (including phenoxy) is 2. The zero-order valence-corrected chi connectivity index (χ0v) is 20.5. The van der Waals surface area contributed by atoms with Crippen LogP contribution in [0, 0.1) is 0 Å². The highest BCUT2D eigenvalue weighted by Crippen LogP contribution is 2.32. The molecule has 0 aliphatic rings. The van der Waals surface area contributed by atoms with Crippen molar-refractivity contribution in [1.29, 1.82) is 0 Å². The first kappa shape index (κ1) is 23.3. The van der Waals surface area contributed by atoms with Crippen molar-refractivity contribution in [2.75, 3.05) is 19.5 Å². The van der Waals surface area contributed by atoms with Crippen molar-refractivity contribution in [3.8, 4) is 33.8 Å². The summed E-state index contributed by atoms with van der Waals surface area (Å²) in [4.78, 5) is 31.3. The largest absolute Gasteiger partial charge is 0.497 e. The molecule has 3 aromatic carbocycles. The van der Waals surface area contributed by atoms with E-state index >= 15 is 0 Å². The number of aromatic nitrogens is 2. The number of thiophene rings is 1. The molecule has 1 N–H and O–H groups in total. The zero-order chi connectivity index (χ0) is 25.1. The van der Waals surface area contributed by atoms with E-state index in [-0.39, 0.29) is 18.0 Å². The number of anilines is 1. The summed E-state index contributed by atoms with van der Waals surface area (Å²) in [5, 5.41) is 5.23. The van der Waals surface area contributed by atoms with Crippen LogP contribution < -0.4 is 20.3 Å². The van der Waals surface area contributed by atoms with Gasteiger partial charge in [0.15, 0.2) is 0 Å². The fourth-order valence-electron chi connectivity index (χ4n) is 4.02. The van der Waals surface area contributed by atoms with E-state index in [0.717, 1.165) is 22.3 Å². The molecule has 36 heavy (non-hydrogen) atoms. The second-order valence-corrected chi connectivity index (χ2v) is 8.92. The summed E-state index contributed by atoms with van der Waals surface area (Å²) in [7, 11) is 3.06. The smallest absolute Gasteiger partial charge is 0.263 e. The third kappa shape index (κ3) is 4.58. The van der Waals surface area contributed by atoms with Crippen LogP contribution in [0.3, 0.4) is 0 Å². The van der Waals surface area contributed by atoms with Crippen molar-refractivity contribution >= 4 is 33.1 Å². The summed E-state index contributed by atoms with van der Waals surface area (Å²) in [6.07, 6.45) is 1.41. The molecule has 1 amide bonds. The van der Waals surface area contributed by atoms with Gasteiger partial charge in [0.05, 0.1) is 31.6 Å². The number of carbonyl (C=O) groups is 1. The molecule has 180 valence electrons. The summed E-state index contributed by atoms with van der Waals surface area (Å²) >= 11 is 1.41. The second kappa shape index (κ2) is 10.1. The zero-order valence-electron chi connectivity index (χ0n) is 19.7. The number of amides is 1. The van der Waals surface area contributed by atoms with Crippen LogP contribution in [0.2, 0.25) is 0 Å². The van der Waals surface area contributed by atoms with Gasteiger partial charge in [0.2, 0.25) is 5.91 Å². The molecular formula is C28H23N3O4S. The van der Waals surface area contributed by atoms with Crippen LogP contribution in [0.25, 0.3) is 32.5 Å². The summed E-state index contributed by atoms with van der Waals surface area (Å²) in [6, 6.07) is 23.3. The van der Waals surface area contributed by atoms with Crippen LogP contribution in [0.4, 0.5) is 5.69 Å². The second-order valence-electron chi connectivity index (χ2n) is 8.06. The van der Waals surface area contributed by atoms with E-state index in [0.29, 0.717) is 27.4 Å². The van der Waals surface area contributed by atoms with Crippen molar-refractivity contribution in [3.05, 3.63) is 94.9 Å². The highest BCUT2D eigenvalue weighted by atomic mass is 32.1. The molecule has 8 heteroatoms. The Morgan fingerprint density at radius 2 is 1.67 bits per heavy atom. The molecule has 2 heterocycles. The molecule has 0 aliphatic carbocycles. The molecule has 5 rings (SSSR count). The summed E-state index contributed by atoms with van der Waals surface area (Å²) in [5.74, 6) is 0.686. The molecule has 0 aliphatic heterocycles. The maximum absolute atomic E-state index is 13.4. The van der Waals surface area contributed by atoms with Gasteiger partial charge in [0.1, 0.15) is 22.9 Å². The Hall–Kier alpha value is -4.43. The Balaban J connectivity index is 1.42.